The standard InChI is InChI=1S/C15H19NO2S/c16-8-7-13-3-5-14(6-4-13)18-10-11-19-12-15-2-1-9-17-15/h1-6,9H,7-8,10-12,16H2. The van der Waals surface area contributed by atoms with Gasteiger partial charge in [-0.25, -0.2) is 0 Å². The van der Waals surface area contributed by atoms with Crippen molar-refractivity contribution in [1.29, 1.82) is 0 Å². The maximum absolute atomic E-state index is 5.68. The second kappa shape index (κ2) is 7.92. The van der Waals surface area contributed by atoms with Crippen molar-refractivity contribution in [3.05, 3.63) is 54.0 Å². The molecular formula is C15H19NO2S. The predicted octanol–water partition coefficient (Wildman–Crippen LogP) is 3.09. The van der Waals surface area contributed by atoms with Crippen LogP contribution in [0.15, 0.2) is 47.1 Å². The van der Waals surface area contributed by atoms with E-state index in [4.69, 9.17) is 14.9 Å². The van der Waals surface area contributed by atoms with Gasteiger partial charge in [0.15, 0.2) is 0 Å². The van der Waals surface area contributed by atoms with Crippen molar-refractivity contribution in [1.82, 2.24) is 0 Å². The quantitative estimate of drug-likeness (QED) is 0.753. The fraction of sp³-hybridized carbons (Fsp3) is 0.333. The fourth-order valence-electron chi connectivity index (χ4n) is 1.70. The first kappa shape index (κ1) is 14.0. The summed E-state index contributed by atoms with van der Waals surface area (Å²) in [6.45, 7) is 1.39. The average Bonchev–Trinajstić information content (AvgIpc) is 2.94. The van der Waals surface area contributed by atoms with E-state index >= 15 is 0 Å². The van der Waals surface area contributed by atoms with Gasteiger partial charge in [0, 0.05) is 5.75 Å². The maximum Gasteiger partial charge on any atom is 0.119 e. The van der Waals surface area contributed by atoms with Gasteiger partial charge in [-0.15, -0.1) is 0 Å². The molecule has 0 amide bonds. The zero-order valence-electron chi connectivity index (χ0n) is 10.9. The number of thioether (sulfide) groups is 1. The molecule has 1 aromatic heterocycles. The van der Waals surface area contributed by atoms with E-state index in [1.54, 1.807) is 18.0 Å². The van der Waals surface area contributed by atoms with Crippen LogP contribution in [-0.4, -0.2) is 18.9 Å². The van der Waals surface area contributed by atoms with Crippen LogP contribution in [0, 0.1) is 0 Å². The predicted molar refractivity (Wildman–Crippen MR) is 79.6 cm³/mol. The molecule has 2 aromatic rings. The number of nitrogens with two attached hydrogens (primary N) is 1. The SMILES string of the molecule is NCCc1ccc(OCCSCc2ccco2)cc1. The third-order valence-corrected chi connectivity index (χ3v) is 3.62. The molecule has 0 atom stereocenters. The Bertz CT molecular complexity index is 454. The number of ether oxygens (including phenoxy) is 1. The van der Waals surface area contributed by atoms with Crippen molar-refractivity contribution in [2.75, 3.05) is 18.9 Å². The number of rotatable bonds is 8. The molecule has 4 heteroatoms. The first-order valence-corrected chi connectivity index (χ1v) is 7.56. The molecule has 0 spiro atoms. The fourth-order valence-corrected chi connectivity index (χ4v) is 2.42. The number of furan rings is 1. The lowest BCUT2D eigenvalue weighted by atomic mass is 10.1. The van der Waals surface area contributed by atoms with Gasteiger partial charge in [0.2, 0.25) is 0 Å². The van der Waals surface area contributed by atoms with Gasteiger partial charge in [-0.3, -0.25) is 0 Å². The normalized spacial score (nSPS) is 10.6. The highest BCUT2D eigenvalue weighted by Crippen LogP contribution is 2.15. The van der Waals surface area contributed by atoms with E-state index in [1.807, 2.05) is 24.3 Å². The topological polar surface area (TPSA) is 48.4 Å². The van der Waals surface area contributed by atoms with Gasteiger partial charge >= 0.3 is 0 Å². The van der Waals surface area contributed by atoms with Crippen molar-refractivity contribution in [3.8, 4) is 5.75 Å². The second-order valence-electron chi connectivity index (χ2n) is 4.16. The van der Waals surface area contributed by atoms with Crippen LogP contribution in [-0.2, 0) is 12.2 Å². The molecule has 0 aliphatic carbocycles. The summed E-state index contributed by atoms with van der Waals surface area (Å²) < 4.78 is 10.9. The van der Waals surface area contributed by atoms with Gasteiger partial charge in [-0.1, -0.05) is 12.1 Å². The minimum Gasteiger partial charge on any atom is -0.493 e. The molecule has 0 saturated heterocycles. The molecule has 19 heavy (non-hydrogen) atoms. The first-order valence-electron chi connectivity index (χ1n) is 6.40. The summed E-state index contributed by atoms with van der Waals surface area (Å²) >= 11 is 1.81. The van der Waals surface area contributed by atoms with Crippen molar-refractivity contribution in [2.45, 2.75) is 12.2 Å². The van der Waals surface area contributed by atoms with Gasteiger partial charge in [0.25, 0.3) is 0 Å². The Balaban J connectivity index is 1.62. The number of hydrogen-bond acceptors (Lipinski definition) is 4. The van der Waals surface area contributed by atoms with Crippen LogP contribution >= 0.6 is 11.8 Å². The Morgan fingerprint density at radius 2 is 2.00 bits per heavy atom. The molecule has 0 aliphatic rings. The lowest BCUT2D eigenvalue weighted by molar-refractivity contribution is 0.344. The molecule has 1 aromatic carbocycles. The zero-order valence-corrected chi connectivity index (χ0v) is 11.7. The molecule has 3 nitrogen and oxygen atoms in total. The van der Waals surface area contributed by atoms with Crippen molar-refractivity contribution in [2.24, 2.45) is 5.73 Å². The monoisotopic (exact) mass is 277 g/mol. The molecule has 0 fully saturated rings. The smallest absolute Gasteiger partial charge is 0.119 e. The highest BCUT2D eigenvalue weighted by Gasteiger charge is 1.98. The summed E-state index contributed by atoms with van der Waals surface area (Å²) in [5.74, 6) is 3.77. The lowest BCUT2D eigenvalue weighted by Gasteiger charge is -2.06. The summed E-state index contributed by atoms with van der Waals surface area (Å²) in [6, 6.07) is 12.0. The largest absolute Gasteiger partial charge is 0.493 e. The molecular weight excluding hydrogens is 258 g/mol. The molecule has 0 saturated carbocycles. The highest BCUT2D eigenvalue weighted by molar-refractivity contribution is 7.98. The second-order valence-corrected chi connectivity index (χ2v) is 5.27. The lowest BCUT2D eigenvalue weighted by Crippen LogP contribution is -2.03. The van der Waals surface area contributed by atoms with E-state index in [0.717, 1.165) is 29.4 Å². The van der Waals surface area contributed by atoms with Gasteiger partial charge in [-0.05, 0) is 42.8 Å². The van der Waals surface area contributed by atoms with E-state index < -0.39 is 0 Å². The molecule has 0 radical (unpaired) electrons. The molecule has 2 N–H and O–H groups in total. The van der Waals surface area contributed by atoms with Crippen LogP contribution in [0.3, 0.4) is 0 Å². The highest BCUT2D eigenvalue weighted by atomic mass is 32.2. The number of benzene rings is 1. The van der Waals surface area contributed by atoms with E-state index in [-0.39, 0.29) is 0 Å². The third-order valence-electron chi connectivity index (χ3n) is 2.68. The van der Waals surface area contributed by atoms with E-state index in [0.29, 0.717) is 13.2 Å². The van der Waals surface area contributed by atoms with E-state index in [9.17, 15) is 0 Å². The maximum atomic E-state index is 5.68. The average molecular weight is 277 g/mol. The number of hydrogen-bond donors (Lipinski definition) is 1. The van der Waals surface area contributed by atoms with Crippen LogP contribution in [0.4, 0.5) is 0 Å². The van der Waals surface area contributed by atoms with Crippen LogP contribution in [0.25, 0.3) is 0 Å². The van der Waals surface area contributed by atoms with Gasteiger partial charge in [0.1, 0.15) is 11.5 Å². The van der Waals surface area contributed by atoms with Crippen LogP contribution in [0.1, 0.15) is 11.3 Å². The Kier molecular flexibility index (Phi) is 5.85. The molecule has 2 rings (SSSR count). The minimum absolute atomic E-state index is 0.684. The first-order chi connectivity index (χ1) is 9.38. The van der Waals surface area contributed by atoms with Crippen molar-refractivity contribution in [3.63, 3.8) is 0 Å². The Morgan fingerprint density at radius 1 is 1.16 bits per heavy atom. The van der Waals surface area contributed by atoms with Gasteiger partial charge in [0.05, 0.1) is 18.6 Å². The van der Waals surface area contributed by atoms with Crippen molar-refractivity contribution < 1.29 is 9.15 Å². The summed E-state index contributed by atoms with van der Waals surface area (Å²) in [7, 11) is 0. The summed E-state index contributed by atoms with van der Waals surface area (Å²) in [6.07, 6.45) is 2.62. The molecule has 0 unspecified atom stereocenters. The third kappa shape index (κ3) is 5.01. The van der Waals surface area contributed by atoms with E-state index in [2.05, 4.69) is 12.1 Å². The van der Waals surface area contributed by atoms with Crippen molar-refractivity contribution >= 4 is 11.8 Å². The van der Waals surface area contributed by atoms with Crippen LogP contribution < -0.4 is 10.5 Å². The Morgan fingerprint density at radius 3 is 2.68 bits per heavy atom. The zero-order chi connectivity index (χ0) is 13.3. The Hall–Kier alpha value is -1.39. The molecule has 1 heterocycles. The summed E-state index contributed by atoms with van der Waals surface area (Å²) in [5, 5.41) is 0. The summed E-state index contributed by atoms with van der Waals surface area (Å²) in [5.41, 5.74) is 6.76. The van der Waals surface area contributed by atoms with E-state index in [1.165, 1.54) is 5.56 Å². The van der Waals surface area contributed by atoms with Gasteiger partial charge in [-0.2, -0.15) is 11.8 Å². The molecule has 0 bridgehead atoms. The molecule has 0 aliphatic heterocycles. The molecule has 102 valence electrons. The van der Waals surface area contributed by atoms with Gasteiger partial charge < -0.3 is 14.9 Å². The minimum atomic E-state index is 0.684. The van der Waals surface area contributed by atoms with Crippen LogP contribution in [0.5, 0.6) is 5.75 Å². The summed E-state index contributed by atoms with van der Waals surface area (Å²) in [4.78, 5) is 0. The Labute approximate surface area is 118 Å². The van der Waals surface area contributed by atoms with Crippen LogP contribution in [0.2, 0.25) is 0 Å².